The van der Waals surface area contributed by atoms with Gasteiger partial charge in [0, 0.05) is 23.3 Å². The van der Waals surface area contributed by atoms with Crippen LogP contribution in [0.4, 0.5) is 0 Å². The van der Waals surface area contributed by atoms with Gasteiger partial charge in [0.2, 0.25) is 0 Å². The molecule has 0 amide bonds. The van der Waals surface area contributed by atoms with Crippen LogP contribution in [0.2, 0.25) is 0 Å². The first-order chi connectivity index (χ1) is 7.40. The molecule has 0 aromatic carbocycles. The van der Waals surface area contributed by atoms with Crippen LogP contribution in [0.15, 0.2) is 10.9 Å². The second-order valence-electron chi connectivity index (χ2n) is 4.60. The number of nitrogens with zero attached hydrogens (tertiary/aromatic N) is 1. The Morgan fingerprint density at radius 1 is 1.38 bits per heavy atom. The lowest BCUT2D eigenvalue weighted by molar-refractivity contribution is 0.495. The molecule has 1 aromatic rings. The van der Waals surface area contributed by atoms with Crippen LogP contribution in [-0.4, -0.2) is 4.57 Å². The number of hydrogen-bond donors (Lipinski definition) is 1. The molecule has 0 aliphatic carbocycles. The van der Waals surface area contributed by atoms with Gasteiger partial charge in [-0.05, 0) is 45.7 Å². The molecule has 2 atom stereocenters. The summed E-state index contributed by atoms with van der Waals surface area (Å²) in [5, 5.41) is 0. The first-order valence-corrected chi connectivity index (χ1v) is 5.88. The topological polar surface area (TPSA) is 48.0 Å². The van der Waals surface area contributed by atoms with Crippen molar-refractivity contribution in [2.75, 3.05) is 0 Å². The van der Waals surface area contributed by atoms with E-state index in [-0.39, 0.29) is 17.6 Å². The third kappa shape index (κ3) is 2.19. The fourth-order valence-corrected chi connectivity index (χ4v) is 2.20. The molecule has 3 heteroatoms. The summed E-state index contributed by atoms with van der Waals surface area (Å²) in [4.78, 5) is 12.3. The van der Waals surface area contributed by atoms with Crippen molar-refractivity contribution in [2.45, 2.75) is 53.1 Å². The van der Waals surface area contributed by atoms with Gasteiger partial charge in [-0.3, -0.25) is 4.79 Å². The van der Waals surface area contributed by atoms with E-state index in [0.717, 1.165) is 23.2 Å². The van der Waals surface area contributed by atoms with Gasteiger partial charge in [-0.1, -0.05) is 6.92 Å². The molecule has 0 aliphatic rings. The standard InChI is InChI=1S/C13H22N2O/c1-6-9(3)15-10(4)7-8(2)12(11(5)14)13(15)16/h7,9,11H,6,14H2,1-5H3. The van der Waals surface area contributed by atoms with E-state index in [2.05, 4.69) is 13.8 Å². The molecule has 3 nitrogen and oxygen atoms in total. The third-order valence-corrected chi connectivity index (χ3v) is 3.17. The number of aromatic nitrogens is 1. The minimum absolute atomic E-state index is 0.0712. The van der Waals surface area contributed by atoms with Gasteiger partial charge in [0.1, 0.15) is 0 Å². The predicted molar refractivity (Wildman–Crippen MR) is 67.8 cm³/mol. The number of rotatable bonds is 3. The molecule has 0 aliphatic heterocycles. The van der Waals surface area contributed by atoms with E-state index in [4.69, 9.17) is 5.73 Å². The Labute approximate surface area is 97.3 Å². The Morgan fingerprint density at radius 3 is 2.38 bits per heavy atom. The summed E-state index contributed by atoms with van der Waals surface area (Å²) >= 11 is 0. The van der Waals surface area contributed by atoms with Crippen LogP contribution >= 0.6 is 0 Å². The molecule has 2 N–H and O–H groups in total. The van der Waals surface area contributed by atoms with E-state index in [9.17, 15) is 4.79 Å². The maximum Gasteiger partial charge on any atom is 0.256 e. The molecule has 2 unspecified atom stereocenters. The van der Waals surface area contributed by atoms with Crippen molar-refractivity contribution in [2.24, 2.45) is 5.73 Å². The van der Waals surface area contributed by atoms with Gasteiger partial charge in [0.15, 0.2) is 0 Å². The molecular formula is C13H22N2O. The first kappa shape index (κ1) is 13.0. The summed E-state index contributed by atoms with van der Waals surface area (Å²) in [5.74, 6) is 0. The molecule has 0 spiro atoms. The van der Waals surface area contributed by atoms with Gasteiger partial charge in [-0.2, -0.15) is 0 Å². The minimum Gasteiger partial charge on any atom is -0.324 e. The molecule has 0 bridgehead atoms. The van der Waals surface area contributed by atoms with E-state index in [1.807, 2.05) is 31.4 Å². The largest absolute Gasteiger partial charge is 0.324 e. The fourth-order valence-electron chi connectivity index (χ4n) is 2.20. The van der Waals surface area contributed by atoms with Gasteiger partial charge in [0.05, 0.1) is 0 Å². The normalized spacial score (nSPS) is 14.9. The highest BCUT2D eigenvalue weighted by atomic mass is 16.1. The summed E-state index contributed by atoms with van der Waals surface area (Å²) in [6.45, 7) is 9.94. The Morgan fingerprint density at radius 2 is 1.94 bits per heavy atom. The highest BCUT2D eigenvalue weighted by Crippen LogP contribution is 2.16. The Hall–Kier alpha value is -1.09. The van der Waals surface area contributed by atoms with Crippen molar-refractivity contribution in [3.63, 3.8) is 0 Å². The van der Waals surface area contributed by atoms with Gasteiger partial charge < -0.3 is 10.3 Å². The molecule has 0 radical (unpaired) electrons. The molecule has 16 heavy (non-hydrogen) atoms. The average molecular weight is 222 g/mol. The number of aryl methyl sites for hydroxylation is 2. The minimum atomic E-state index is -0.205. The number of nitrogens with two attached hydrogens (primary N) is 1. The van der Waals surface area contributed by atoms with Crippen LogP contribution in [0.25, 0.3) is 0 Å². The van der Waals surface area contributed by atoms with E-state index < -0.39 is 0 Å². The lowest BCUT2D eigenvalue weighted by Gasteiger charge is -2.20. The van der Waals surface area contributed by atoms with Gasteiger partial charge in [-0.25, -0.2) is 0 Å². The van der Waals surface area contributed by atoms with Crippen LogP contribution < -0.4 is 11.3 Å². The molecule has 1 rings (SSSR count). The maximum absolute atomic E-state index is 12.3. The zero-order valence-electron chi connectivity index (χ0n) is 10.9. The highest BCUT2D eigenvalue weighted by molar-refractivity contribution is 5.28. The van der Waals surface area contributed by atoms with Crippen LogP contribution in [0, 0.1) is 13.8 Å². The van der Waals surface area contributed by atoms with Crippen molar-refractivity contribution in [3.05, 3.63) is 33.2 Å². The third-order valence-electron chi connectivity index (χ3n) is 3.17. The van der Waals surface area contributed by atoms with Gasteiger partial charge >= 0.3 is 0 Å². The van der Waals surface area contributed by atoms with Crippen LogP contribution in [-0.2, 0) is 0 Å². The summed E-state index contributed by atoms with van der Waals surface area (Å²) in [5.41, 5.74) is 8.69. The Kier molecular flexibility index (Phi) is 3.92. The molecule has 1 heterocycles. The SMILES string of the molecule is CCC(C)n1c(C)cc(C)c(C(C)N)c1=O. The molecular weight excluding hydrogens is 200 g/mol. The van der Waals surface area contributed by atoms with E-state index in [1.54, 1.807) is 0 Å². The summed E-state index contributed by atoms with van der Waals surface area (Å²) < 4.78 is 1.85. The first-order valence-electron chi connectivity index (χ1n) is 5.88. The molecule has 0 fully saturated rings. The summed E-state index contributed by atoms with van der Waals surface area (Å²) in [7, 11) is 0. The molecule has 0 saturated heterocycles. The van der Waals surface area contributed by atoms with Crippen LogP contribution in [0.3, 0.4) is 0 Å². The van der Waals surface area contributed by atoms with Gasteiger partial charge in [0.25, 0.3) is 5.56 Å². The van der Waals surface area contributed by atoms with Crippen LogP contribution in [0.5, 0.6) is 0 Å². The zero-order chi connectivity index (χ0) is 12.5. The average Bonchev–Trinajstić information content (AvgIpc) is 2.15. The fraction of sp³-hybridized carbons (Fsp3) is 0.615. The van der Waals surface area contributed by atoms with Gasteiger partial charge in [-0.15, -0.1) is 0 Å². The quantitative estimate of drug-likeness (QED) is 0.854. The van der Waals surface area contributed by atoms with Crippen molar-refractivity contribution < 1.29 is 0 Å². The maximum atomic E-state index is 12.3. The summed E-state index contributed by atoms with van der Waals surface area (Å²) in [6.07, 6.45) is 0.947. The number of hydrogen-bond acceptors (Lipinski definition) is 2. The Bertz CT molecular complexity index is 432. The van der Waals surface area contributed by atoms with Crippen molar-refractivity contribution in [1.29, 1.82) is 0 Å². The van der Waals surface area contributed by atoms with Crippen molar-refractivity contribution in [3.8, 4) is 0 Å². The predicted octanol–water partition coefficient (Wildman–Crippen LogP) is 2.46. The monoisotopic (exact) mass is 222 g/mol. The molecule has 90 valence electrons. The Balaban J connectivity index is 3.52. The second kappa shape index (κ2) is 4.83. The number of pyridine rings is 1. The van der Waals surface area contributed by atoms with Crippen LogP contribution in [0.1, 0.15) is 56.1 Å². The summed E-state index contributed by atoms with van der Waals surface area (Å²) in [6, 6.07) is 2.07. The van der Waals surface area contributed by atoms with E-state index in [0.29, 0.717) is 0 Å². The van der Waals surface area contributed by atoms with Crippen molar-refractivity contribution in [1.82, 2.24) is 4.57 Å². The van der Waals surface area contributed by atoms with E-state index >= 15 is 0 Å². The lowest BCUT2D eigenvalue weighted by Crippen LogP contribution is -2.31. The zero-order valence-corrected chi connectivity index (χ0v) is 10.9. The smallest absolute Gasteiger partial charge is 0.256 e. The lowest BCUT2D eigenvalue weighted by atomic mass is 10.0. The second-order valence-corrected chi connectivity index (χ2v) is 4.60. The molecule has 1 aromatic heterocycles. The van der Waals surface area contributed by atoms with Crippen molar-refractivity contribution >= 4 is 0 Å². The highest BCUT2D eigenvalue weighted by Gasteiger charge is 2.15. The van der Waals surface area contributed by atoms with E-state index in [1.165, 1.54) is 0 Å². The molecule has 0 saturated carbocycles.